The van der Waals surface area contributed by atoms with Crippen LogP contribution in [0.3, 0.4) is 0 Å². The molecule has 4 aromatic rings. The summed E-state index contributed by atoms with van der Waals surface area (Å²) in [6.07, 6.45) is 4.58. The van der Waals surface area contributed by atoms with Gasteiger partial charge in [-0.2, -0.15) is 0 Å². The van der Waals surface area contributed by atoms with Crippen LogP contribution in [0.4, 0.5) is 4.39 Å². The summed E-state index contributed by atoms with van der Waals surface area (Å²) in [5, 5.41) is 4.00. The number of hydrogen-bond donors (Lipinski definition) is 1. The lowest BCUT2D eigenvalue weighted by Gasteiger charge is -2.18. The molecular formula is C25H24FN3O. The van der Waals surface area contributed by atoms with Crippen molar-refractivity contribution in [3.8, 4) is 0 Å². The molecule has 2 aromatic heterocycles. The number of para-hydroxylation sites is 1. The van der Waals surface area contributed by atoms with E-state index in [2.05, 4.69) is 10.3 Å². The van der Waals surface area contributed by atoms with Gasteiger partial charge in [0.2, 0.25) is 5.91 Å². The van der Waals surface area contributed by atoms with Crippen LogP contribution < -0.4 is 5.32 Å². The number of aryl methyl sites for hydroxylation is 1. The van der Waals surface area contributed by atoms with Crippen molar-refractivity contribution in [2.45, 2.75) is 18.8 Å². The summed E-state index contributed by atoms with van der Waals surface area (Å²) < 4.78 is 16.7. The van der Waals surface area contributed by atoms with Gasteiger partial charge in [-0.25, -0.2) is 4.39 Å². The Hall–Kier alpha value is -3.47. The molecule has 2 aromatic carbocycles. The van der Waals surface area contributed by atoms with Crippen LogP contribution in [-0.2, 0) is 18.3 Å². The smallest absolute Gasteiger partial charge is 0.220 e. The van der Waals surface area contributed by atoms with E-state index in [0.717, 1.165) is 22.2 Å². The highest BCUT2D eigenvalue weighted by atomic mass is 19.1. The van der Waals surface area contributed by atoms with Gasteiger partial charge in [0.25, 0.3) is 0 Å². The van der Waals surface area contributed by atoms with Gasteiger partial charge in [-0.1, -0.05) is 42.5 Å². The molecule has 0 unspecified atom stereocenters. The van der Waals surface area contributed by atoms with Crippen LogP contribution in [-0.4, -0.2) is 22.0 Å². The number of carbonyl (C=O) groups excluding carboxylic acids is 1. The van der Waals surface area contributed by atoms with E-state index in [4.69, 9.17) is 0 Å². The lowest BCUT2D eigenvalue weighted by molar-refractivity contribution is -0.121. The summed E-state index contributed by atoms with van der Waals surface area (Å²) >= 11 is 0. The minimum atomic E-state index is -0.368. The Labute approximate surface area is 175 Å². The molecule has 0 bridgehead atoms. The van der Waals surface area contributed by atoms with Crippen LogP contribution >= 0.6 is 0 Å². The fraction of sp³-hybridized carbons (Fsp3) is 0.200. The van der Waals surface area contributed by atoms with E-state index in [9.17, 15) is 9.18 Å². The number of rotatable bonds is 7. The molecule has 4 rings (SSSR count). The highest BCUT2D eigenvalue weighted by Gasteiger charge is 2.24. The maximum Gasteiger partial charge on any atom is 0.220 e. The number of carbonyl (C=O) groups is 1. The summed E-state index contributed by atoms with van der Waals surface area (Å²) in [5.41, 5.74) is 3.48. The average molecular weight is 401 g/mol. The second-order valence-electron chi connectivity index (χ2n) is 7.41. The van der Waals surface area contributed by atoms with Crippen molar-refractivity contribution in [1.82, 2.24) is 14.9 Å². The molecule has 5 heteroatoms. The lowest BCUT2D eigenvalue weighted by Crippen LogP contribution is -2.27. The van der Waals surface area contributed by atoms with Crippen molar-refractivity contribution >= 4 is 16.8 Å². The molecule has 1 atom stereocenters. The molecule has 1 N–H and O–H groups in total. The number of aromatic nitrogens is 2. The maximum atomic E-state index is 14.7. The normalized spacial score (nSPS) is 12.1. The molecule has 1 amide bonds. The first-order chi connectivity index (χ1) is 14.6. The van der Waals surface area contributed by atoms with Crippen LogP contribution in [0.25, 0.3) is 10.9 Å². The van der Waals surface area contributed by atoms with Gasteiger partial charge in [-0.15, -0.1) is 0 Å². The second-order valence-corrected chi connectivity index (χ2v) is 7.41. The number of hydrogen-bond acceptors (Lipinski definition) is 2. The fourth-order valence-corrected chi connectivity index (χ4v) is 3.93. The van der Waals surface area contributed by atoms with E-state index >= 15 is 0 Å². The highest BCUT2D eigenvalue weighted by Crippen LogP contribution is 2.35. The predicted molar refractivity (Wildman–Crippen MR) is 117 cm³/mol. The zero-order chi connectivity index (χ0) is 20.9. The minimum absolute atomic E-state index is 0.105. The number of nitrogens with one attached hydrogen (secondary N) is 1. The number of pyridine rings is 1. The van der Waals surface area contributed by atoms with Gasteiger partial charge in [0.15, 0.2) is 0 Å². The van der Waals surface area contributed by atoms with Crippen LogP contribution in [0.5, 0.6) is 0 Å². The molecular weight excluding hydrogens is 377 g/mol. The Kier molecular flexibility index (Phi) is 5.89. The van der Waals surface area contributed by atoms with Crippen molar-refractivity contribution in [3.63, 3.8) is 0 Å². The summed E-state index contributed by atoms with van der Waals surface area (Å²) in [6, 6.07) is 20.4. The number of amides is 1. The molecule has 0 saturated heterocycles. The van der Waals surface area contributed by atoms with E-state index in [-0.39, 0.29) is 24.1 Å². The molecule has 30 heavy (non-hydrogen) atoms. The largest absolute Gasteiger partial charge is 0.356 e. The van der Waals surface area contributed by atoms with Gasteiger partial charge in [0, 0.05) is 61.3 Å². The van der Waals surface area contributed by atoms with Crippen LogP contribution in [0.2, 0.25) is 0 Å². The average Bonchev–Trinajstić information content (AvgIpc) is 3.10. The van der Waals surface area contributed by atoms with Crippen molar-refractivity contribution < 1.29 is 9.18 Å². The third kappa shape index (κ3) is 4.25. The minimum Gasteiger partial charge on any atom is -0.356 e. The molecule has 0 spiro atoms. The van der Waals surface area contributed by atoms with Crippen molar-refractivity contribution in [1.29, 1.82) is 0 Å². The molecule has 0 aliphatic rings. The van der Waals surface area contributed by atoms with Gasteiger partial charge >= 0.3 is 0 Å². The number of halogens is 1. The van der Waals surface area contributed by atoms with Gasteiger partial charge in [0.1, 0.15) is 5.82 Å². The van der Waals surface area contributed by atoms with E-state index in [1.54, 1.807) is 18.3 Å². The van der Waals surface area contributed by atoms with E-state index < -0.39 is 0 Å². The molecule has 0 fully saturated rings. The Morgan fingerprint density at radius 1 is 1.03 bits per heavy atom. The first-order valence-corrected chi connectivity index (χ1v) is 10.1. The van der Waals surface area contributed by atoms with Crippen LogP contribution in [0, 0.1) is 5.82 Å². The summed E-state index contributed by atoms with van der Waals surface area (Å²) in [7, 11) is 1.97. The van der Waals surface area contributed by atoms with Gasteiger partial charge < -0.3 is 9.88 Å². The number of nitrogens with zero attached hydrogens (tertiary/aromatic N) is 2. The summed E-state index contributed by atoms with van der Waals surface area (Å²) in [6.45, 7) is 0.495. The van der Waals surface area contributed by atoms with Gasteiger partial charge in [-0.3, -0.25) is 9.78 Å². The standard InChI is InChI=1S/C25H24FN3O/c1-29-17-22(20-10-3-5-12-24(20)29)21(19-9-2-4-11-23(19)26)16-25(30)28-15-13-18-8-6-7-14-27-18/h2-12,14,17,21H,13,15-16H2,1H3,(H,28,30)/t21-/m1/s1. The quantitative estimate of drug-likeness (QED) is 0.492. The van der Waals surface area contributed by atoms with Gasteiger partial charge in [-0.05, 0) is 35.4 Å². The third-order valence-corrected chi connectivity index (χ3v) is 5.40. The Bertz CT molecular complexity index is 1150. The second kappa shape index (κ2) is 8.91. The fourth-order valence-electron chi connectivity index (χ4n) is 3.93. The lowest BCUT2D eigenvalue weighted by atomic mass is 9.87. The molecule has 4 nitrogen and oxygen atoms in total. The molecule has 0 saturated carbocycles. The van der Waals surface area contributed by atoms with E-state index in [0.29, 0.717) is 18.5 Å². The van der Waals surface area contributed by atoms with Crippen LogP contribution in [0.15, 0.2) is 79.1 Å². The topological polar surface area (TPSA) is 46.9 Å². The molecule has 0 radical (unpaired) electrons. The molecule has 2 heterocycles. The van der Waals surface area contributed by atoms with E-state index in [1.165, 1.54) is 6.07 Å². The maximum absolute atomic E-state index is 14.7. The zero-order valence-corrected chi connectivity index (χ0v) is 16.9. The van der Waals surface area contributed by atoms with Crippen molar-refractivity contribution in [2.24, 2.45) is 7.05 Å². The SMILES string of the molecule is Cn1cc([C@H](CC(=O)NCCc2ccccn2)c2ccccc2F)c2ccccc21. The zero-order valence-electron chi connectivity index (χ0n) is 16.9. The van der Waals surface area contributed by atoms with E-state index in [1.807, 2.05) is 66.3 Å². The Balaban J connectivity index is 1.58. The number of benzene rings is 2. The van der Waals surface area contributed by atoms with Crippen molar-refractivity contribution in [2.75, 3.05) is 6.54 Å². The number of fused-ring (bicyclic) bond motifs is 1. The summed E-state index contributed by atoms with van der Waals surface area (Å²) in [5.74, 6) is -0.768. The third-order valence-electron chi connectivity index (χ3n) is 5.40. The monoisotopic (exact) mass is 401 g/mol. The highest BCUT2D eigenvalue weighted by molar-refractivity contribution is 5.86. The predicted octanol–water partition coefficient (Wildman–Crippen LogP) is 4.59. The van der Waals surface area contributed by atoms with Gasteiger partial charge in [0.05, 0.1) is 0 Å². The molecule has 0 aliphatic heterocycles. The first-order valence-electron chi connectivity index (χ1n) is 10.1. The Morgan fingerprint density at radius 3 is 2.60 bits per heavy atom. The van der Waals surface area contributed by atoms with Crippen molar-refractivity contribution in [3.05, 3.63) is 102 Å². The molecule has 152 valence electrons. The Morgan fingerprint density at radius 2 is 1.80 bits per heavy atom. The first kappa shape index (κ1) is 19.8. The summed E-state index contributed by atoms with van der Waals surface area (Å²) in [4.78, 5) is 17.1. The molecule has 0 aliphatic carbocycles. The van der Waals surface area contributed by atoms with Crippen LogP contribution in [0.1, 0.15) is 29.2 Å².